The third kappa shape index (κ3) is 9.56. The summed E-state index contributed by atoms with van der Waals surface area (Å²) in [6.07, 6.45) is 10.4. The lowest BCUT2D eigenvalue weighted by Crippen LogP contribution is -1.78. The third-order valence-electron chi connectivity index (χ3n) is 2.01. The zero-order valence-corrected chi connectivity index (χ0v) is 8.23. The molecule has 68 valence electrons. The van der Waals surface area contributed by atoms with E-state index in [1.54, 1.807) is 0 Å². The molecule has 0 heterocycles. The molecule has 0 N–H and O–H groups in total. The van der Waals surface area contributed by atoms with Crippen molar-refractivity contribution in [1.82, 2.24) is 0 Å². The Morgan fingerprint density at radius 3 is 2.08 bits per heavy atom. The quantitative estimate of drug-likeness (QED) is 0.396. The molecule has 0 heteroatoms. The molecule has 0 aromatic heterocycles. The largest absolute Gasteiger partial charge is 0.103 e. The molecule has 0 unspecified atom stereocenters. The van der Waals surface area contributed by atoms with Gasteiger partial charge in [-0.1, -0.05) is 51.4 Å². The van der Waals surface area contributed by atoms with Crippen LogP contribution in [0.4, 0.5) is 0 Å². The van der Waals surface area contributed by atoms with Gasteiger partial charge in [-0.15, -0.1) is 5.92 Å². The van der Waals surface area contributed by atoms with E-state index in [0.717, 1.165) is 6.42 Å². The summed E-state index contributed by atoms with van der Waals surface area (Å²) in [4.78, 5) is 0. The molecule has 12 heavy (non-hydrogen) atoms. The van der Waals surface area contributed by atoms with Crippen molar-refractivity contribution in [2.75, 3.05) is 0 Å². The molecule has 0 aromatic carbocycles. The first kappa shape index (κ1) is 11.6. The molecule has 0 aromatic rings. The van der Waals surface area contributed by atoms with Gasteiger partial charge in [0.05, 0.1) is 6.92 Å². The summed E-state index contributed by atoms with van der Waals surface area (Å²) >= 11 is 0. The minimum Gasteiger partial charge on any atom is -0.103 e. The first-order valence-corrected chi connectivity index (χ1v) is 5.10. The Balaban J connectivity index is 2.84. The standard InChI is InChI=1S/C12H20/c1-3-5-7-9-11-12-10-8-6-4-2/h1H,4,6-12H2,2H3. The summed E-state index contributed by atoms with van der Waals surface area (Å²) in [6.45, 7) is 7.29. The van der Waals surface area contributed by atoms with Crippen molar-refractivity contribution < 1.29 is 0 Å². The Morgan fingerprint density at radius 2 is 1.50 bits per heavy atom. The van der Waals surface area contributed by atoms with Crippen LogP contribution in [-0.4, -0.2) is 0 Å². The SMILES string of the molecule is [CH]C#CCCCCCCCCC. The maximum Gasteiger partial charge on any atom is 0.0503 e. The van der Waals surface area contributed by atoms with E-state index in [1.807, 2.05) is 0 Å². The molecule has 0 saturated carbocycles. The minimum absolute atomic E-state index is 0.976. The molecule has 0 amide bonds. The van der Waals surface area contributed by atoms with Gasteiger partial charge in [0.15, 0.2) is 0 Å². The molecule has 0 nitrogen and oxygen atoms in total. The highest BCUT2D eigenvalue weighted by molar-refractivity contribution is 5.00. The molecule has 0 aliphatic rings. The van der Waals surface area contributed by atoms with Gasteiger partial charge in [-0.25, -0.2) is 0 Å². The number of hydrogen-bond donors (Lipinski definition) is 0. The van der Waals surface area contributed by atoms with Crippen molar-refractivity contribution in [3.63, 3.8) is 0 Å². The summed E-state index contributed by atoms with van der Waals surface area (Å²) in [5.41, 5.74) is 0. The molecular weight excluding hydrogens is 144 g/mol. The second kappa shape index (κ2) is 10.6. The Labute approximate surface area is 77.8 Å². The van der Waals surface area contributed by atoms with Crippen molar-refractivity contribution in [1.29, 1.82) is 0 Å². The summed E-state index contributed by atoms with van der Waals surface area (Å²) in [7, 11) is 0. The molecule has 0 atom stereocenters. The van der Waals surface area contributed by atoms with Gasteiger partial charge < -0.3 is 0 Å². The van der Waals surface area contributed by atoms with Crippen LogP contribution in [0.2, 0.25) is 0 Å². The van der Waals surface area contributed by atoms with Gasteiger partial charge in [0.2, 0.25) is 0 Å². The van der Waals surface area contributed by atoms with E-state index in [9.17, 15) is 0 Å². The highest BCUT2D eigenvalue weighted by Gasteiger charge is 1.88. The van der Waals surface area contributed by atoms with E-state index < -0.39 is 0 Å². The average Bonchev–Trinajstić information content (AvgIpc) is 2.10. The predicted octanol–water partition coefficient (Wildman–Crippen LogP) is 3.84. The zero-order valence-electron chi connectivity index (χ0n) is 8.23. The fraction of sp³-hybridized carbons (Fsp3) is 0.750. The molecule has 0 rings (SSSR count). The van der Waals surface area contributed by atoms with Crippen molar-refractivity contribution in [2.45, 2.75) is 58.3 Å². The average molecular weight is 164 g/mol. The summed E-state index contributed by atoms with van der Waals surface area (Å²) < 4.78 is 0. The zero-order chi connectivity index (χ0) is 9.07. The normalized spacial score (nSPS) is 9.17. The highest BCUT2D eigenvalue weighted by Crippen LogP contribution is 2.07. The maximum absolute atomic E-state index is 5.05. The van der Waals surface area contributed by atoms with Crippen LogP contribution in [0.25, 0.3) is 0 Å². The first-order valence-electron chi connectivity index (χ1n) is 5.10. The van der Waals surface area contributed by atoms with Crippen LogP contribution in [0, 0.1) is 18.8 Å². The summed E-state index contributed by atoms with van der Waals surface area (Å²) in [5, 5.41) is 0. The number of hydrogen-bond acceptors (Lipinski definition) is 0. The van der Waals surface area contributed by atoms with Gasteiger partial charge in [0.25, 0.3) is 0 Å². The monoisotopic (exact) mass is 164 g/mol. The fourth-order valence-electron chi connectivity index (χ4n) is 1.24. The van der Waals surface area contributed by atoms with E-state index in [1.165, 1.54) is 44.9 Å². The van der Waals surface area contributed by atoms with Crippen molar-refractivity contribution in [2.24, 2.45) is 0 Å². The van der Waals surface area contributed by atoms with Crippen LogP contribution in [0.5, 0.6) is 0 Å². The summed E-state index contributed by atoms with van der Waals surface area (Å²) in [6, 6.07) is 0. The predicted molar refractivity (Wildman–Crippen MR) is 54.7 cm³/mol. The molecule has 0 saturated heterocycles. The van der Waals surface area contributed by atoms with Crippen molar-refractivity contribution in [3.8, 4) is 11.8 Å². The Morgan fingerprint density at radius 1 is 0.917 bits per heavy atom. The Kier molecular flexibility index (Phi) is 10.2. The Hall–Kier alpha value is -0.440. The fourth-order valence-corrected chi connectivity index (χ4v) is 1.24. The van der Waals surface area contributed by atoms with Crippen LogP contribution in [0.3, 0.4) is 0 Å². The van der Waals surface area contributed by atoms with E-state index in [2.05, 4.69) is 18.8 Å². The van der Waals surface area contributed by atoms with Gasteiger partial charge in [0, 0.05) is 6.42 Å². The Bertz CT molecular complexity index is 125. The summed E-state index contributed by atoms with van der Waals surface area (Å²) in [5.74, 6) is 5.31. The van der Waals surface area contributed by atoms with Crippen molar-refractivity contribution in [3.05, 3.63) is 6.92 Å². The minimum atomic E-state index is 0.976. The first-order chi connectivity index (χ1) is 5.91. The highest BCUT2D eigenvalue weighted by atomic mass is 13.9. The molecular formula is C12H20. The number of rotatable bonds is 7. The molecule has 0 aliphatic heterocycles. The van der Waals surface area contributed by atoms with Gasteiger partial charge in [-0.3, -0.25) is 0 Å². The molecule has 0 bridgehead atoms. The van der Waals surface area contributed by atoms with Crippen LogP contribution >= 0.6 is 0 Å². The lowest BCUT2D eigenvalue weighted by Gasteiger charge is -1.97. The van der Waals surface area contributed by atoms with E-state index >= 15 is 0 Å². The van der Waals surface area contributed by atoms with E-state index in [0.29, 0.717) is 0 Å². The maximum atomic E-state index is 5.05. The topological polar surface area (TPSA) is 0 Å². The van der Waals surface area contributed by atoms with Gasteiger partial charge in [0.1, 0.15) is 0 Å². The van der Waals surface area contributed by atoms with Gasteiger partial charge in [-0.05, 0) is 6.42 Å². The van der Waals surface area contributed by atoms with Gasteiger partial charge >= 0.3 is 0 Å². The molecule has 0 spiro atoms. The lowest BCUT2D eigenvalue weighted by atomic mass is 10.1. The second-order valence-electron chi connectivity index (χ2n) is 3.19. The molecule has 0 aliphatic carbocycles. The van der Waals surface area contributed by atoms with E-state index in [4.69, 9.17) is 6.92 Å². The van der Waals surface area contributed by atoms with E-state index in [-0.39, 0.29) is 0 Å². The van der Waals surface area contributed by atoms with Crippen LogP contribution in [-0.2, 0) is 0 Å². The smallest absolute Gasteiger partial charge is 0.0503 e. The van der Waals surface area contributed by atoms with Crippen LogP contribution in [0.15, 0.2) is 0 Å². The van der Waals surface area contributed by atoms with Crippen LogP contribution in [0.1, 0.15) is 58.3 Å². The molecule has 0 fully saturated rings. The van der Waals surface area contributed by atoms with Gasteiger partial charge in [-0.2, -0.15) is 0 Å². The lowest BCUT2D eigenvalue weighted by molar-refractivity contribution is 0.594. The molecule has 2 radical (unpaired) electrons. The van der Waals surface area contributed by atoms with Crippen LogP contribution < -0.4 is 0 Å². The third-order valence-corrected chi connectivity index (χ3v) is 2.01. The second-order valence-corrected chi connectivity index (χ2v) is 3.19. The van der Waals surface area contributed by atoms with Crippen molar-refractivity contribution >= 4 is 0 Å². The number of unbranched alkanes of at least 4 members (excludes halogenated alkanes) is 7.